The van der Waals surface area contributed by atoms with Crippen LogP contribution in [0.2, 0.25) is 0 Å². The van der Waals surface area contributed by atoms with Crippen molar-refractivity contribution in [1.29, 1.82) is 0 Å². The molecule has 0 aliphatic carbocycles. The maximum Gasteiger partial charge on any atom is 0.269 e. The normalized spacial score (nSPS) is 15.7. The minimum absolute atomic E-state index is 0.0496. The summed E-state index contributed by atoms with van der Waals surface area (Å²) in [7, 11) is 1.60. The number of methoxy groups -OCH3 is 1. The van der Waals surface area contributed by atoms with E-state index in [0.29, 0.717) is 31.9 Å². The number of nitro benzene ring substituents is 1. The third-order valence-corrected chi connectivity index (χ3v) is 4.45. The van der Waals surface area contributed by atoms with E-state index in [0.717, 1.165) is 11.3 Å². The van der Waals surface area contributed by atoms with Gasteiger partial charge in [0, 0.05) is 30.8 Å². The van der Waals surface area contributed by atoms with Gasteiger partial charge in [0.2, 0.25) is 0 Å². The number of benzene rings is 2. The number of amides is 1. The molecular weight excluding hydrogens is 350 g/mol. The van der Waals surface area contributed by atoms with Gasteiger partial charge in [-0.25, -0.2) is 0 Å². The molecule has 1 aliphatic heterocycles. The van der Waals surface area contributed by atoms with Gasteiger partial charge in [-0.05, 0) is 29.8 Å². The molecule has 8 nitrogen and oxygen atoms in total. The molecule has 0 bridgehead atoms. The number of non-ortho nitro benzene ring substituents is 1. The van der Waals surface area contributed by atoms with E-state index in [2.05, 4.69) is 10.2 Å². The molecule has 1 atom stereocenters. The Morgan fingerprint density at radius 2 is 1.78 bits per heavy atom. The van der Waals surface area contributed by atoms with Crippen LogP contribution in [-0.4, -0.2) is 49.1 Å². The van der Waals surface area contributed by atoms with Crippen LogP contribution in [0.25, 0.3) is 0 Å². The fraction of sp³-hybridized carbons (Fsp3) is 0.316. The van der Waals surface area contributed by atoms with Crippen molar-refractivity contribution in [2.75, 3.05) is 33.4 Å². The highest BCUT2D eigenvalue weighted by atomic mass is 16.6. The molecule has 1 amide bonds. The summed E-state index contributed by atoms with van der Waals surface area (Å²) in [5.74, 6) is 0.443. The quantitative estimate of drug-likeness (QED) is 0.619. The largest absolute Gasteiger partial charge is 0.497 e. The highest BCUT2D eigenvalue weighted by Gasteiger charge is 2.25. The average molecular weight is 371 g/mol. The highest BCUT2D eigenvalue weighted by molar-refractivity contribution is 5.94. The van der Waals surface area contributed by atoms with Crippen LogP contribution in [0.5, 0.6) is 5.75 Å². The Hall–Kier alpha value is -2.97. The number of carbonyl (C=O) groups is 1. The second-order valence-electron chi connectivity index (χ2n) is 6.10. The second kappa shape index (κ2) is 8.61. The van der Waals surface area contributed by atoms with E-state index < -0.39 is 4.92 Å². The zero-order chi connectivity index (χ0) is 19.2. The van der Waals surface area contributed by atoms with Crippen LogP contribution in [0, 0.1) is 10.1 Å². The zero-order valence-corrected chi connectivity index (χ0v) is 15.0. The maximum atomic E-state index is 12.7. The molecule has 2 aromatic carbocycles. The lowest BCUT2D eigenvalue weighted by Crippen LogP contribution is -2.46. The predicted molar refractivity (Wildman–Crippen MR) is 98.7 cm³/mol. The van der Waals surface area contributed by atoms with Gasteiger partial charge >= 0.3 is 0 Å². The number of nitro groups is 1. The van der Waals surface area contributed by atoms with Crippen LogP contribution >= 0.6 is 0 Å². The third-order valence-electron chi connectivity index (χ3n) is 4.45. The number of hydrogen-bond acceptors (Lipinski definition) is 6. The molecule has 1 unspecified atom stereocenters. The van der Waals surface area contributed by atoms with Crippen LogP contribution < -0.4 is 10.1 Å². The van der Waals surface area contributed by atoms with E-state index in [-0.39, 0.29) is 17.8 Å². The first kappa shape index (κ1) is 18.8. The number of morpholine rings is 1. The summed E-state index contributed by atoms with van der Waals surface area (Å²) in [5, 5.41) is 13.8. The average Bonchev–Trinajstić information content (AvgIpc) is 2.72. The van der Waals surface area contributed by atoms with E-state index in [9.17, 15) is 14.9 Å². The molecule has 1 aliphatic rings. The Morgan fingerprint density at radius 3 is 2.33 bits per heavy atom. The topological polar surface area (TPSA) is 93.9 Å². The standard InChI is InChI=1S/C19H21N3O5/c1-26-17-8-4-14(5-9-17)18(21-10-12-27-13-11-21)20-19(23)15-2-6-16(7-3-15)22(24)25/h2-9,18H,10-13H2,1H3,(H,20,23). The molecule has 1 saturated heterocycles. The zero-order valence-electron chi connectivity index (χ0n) is 15.0. The van der Waals surface area contributed by atoms with Gasteiger partial charge < -0.3 is 14.8 Å². The van der Waals surface area contributed by atoms with Crippen molar-refractivity contribution in [2.24, 2.45) is 0 Å². The lowest BCUT2D eigenvalue weighted by Gasteiger charge is -2.35. The molecule has 1 heterocycles. The summed E-state index contributed by atoms with van der Waals surface area (Å²) in [5.41, 5.74) is 1.24. The smallest absolute Gasteiger partial charge is 0.269 e. The molecule has 0 aromatic heterocycles. The summed E-state index contributed by atoms with van der Waals surface area (Å²) < 4.78 is 10.6. The van der Waals surface area contributed by atoms with E-state index in [1.807, 2.05) is 24.3 Å². The minimum atomic E-state index is -0.491. The number of hydrogen-bond donors (Lipinski definition) is 1. The first-order valence-corrected chi connectivity index (χ1v) is 8.59. The van der Waals surface area contributed by atoms with Gasteiger partial charge in [0.25, 0.3) is 11.6 Å². The molecule has 0 spiro atoms. The van der Waals surface area contributed by atoms with E-state index in [1.54, 1.807) is 7.11 Å². The minimum Gasteiger partial charge on any atom is -0.497 e. The monoisotopic (exact) mass is 371 g/mol. The van der Waals surface area contributed by atoms with Gasteiger partial charge in [0.05, 0.1) is 25.2 Å². The van der Waals surface area contributed by atoms with Gasteiger partial charge in [0.15, 0.2) is 0 Å². The Kier molecular flexibility index (Phi) is 6.00. The van der Waals surface area contributed by atoms with E-state index in [4.69, 9.17) is 9.47 Å². The van der Waals surface area contributed by atoms with Crippen molar-refractivity contribution in [3.05, 3.63) is 69.8 Å². The summed E-state index contributed by atoms with van der Waals surface area (Å²) in [6.07, 6.45) is -0.331. The number of ether oxygens (including phenoxy) is 2. The van der Waals surface area contributed by atoms with Gasteiger partial charge in [-0.3, -0.25) is 19.8 Å². The highest BCUT2D eigenvalue weighted by Crippen LogP contribution is 2.23. The Balaban J connectivity index is 1.81. The summed E-state index contributed by atoms with van der Waals surface area (Å²) in [4.78, 5) is 25.1. The van der Waals surface area contributed by atoms with Gasteiger partial charge in [-0.15, -0.1) is 0 Å². The maximum absolute atomic E-state index is 12.7. The molecule has 0 radical (unpaired) electrons. The fourth-order valence-electron chi connectivity index (χ4n) is 2.95. The molecular formula is C19H21N3O5. The Morgan fingerprint density at radius 1 is 1.15 bits per heavy atom. The molecule has 2 aromatic rings. The van der Waals surface area contributed by atoms with Crippen LogP contribution in [0.4, 0.5) is 5.69 Å². The van der Waals surface area contributed by atoms with Gasteiger partial charge in [0.1, 0.15) is 11.9 Å². The molecule has 1 N–H and O–H groups in total. The van der Waals surface area contributed by atoms with Crippen molar-refractivity contribution < 1.29 is 19.2 Å². The first-order chi connectivity index (χ1) is 13.1. The first-order valence-electron chi connectivity index (χ1n) is 8.59. The number of rotatable bonds is 6. The number of nitrogens with zero attached hydrogens (tertiary/aromatic N) is 2. The predicted octanol–water partition coefficient (Wildman–Crippen LogP) is 2.36. The summed E-state index contributed by atoms with van der Waals surface area (Å²) in [6, 6.07) is 13.1. The van der Waals surface area contributed by atoms with Crippen molar-refractivity contribution in [1.82, 2.24) is 10.2 Å². The van der Waals surface area contributed by atoms with Gasteiger partial charge in [-0.2, -0.15) is 0 Å². The second-order valence-corrected chi connectivity index (χ2v) is 6.10. The molecule has 0 saturated carbocycles. The lowest BCUT2D eigenvalue weighted by atomic mass is 10.1. The summed E-state index contributed by atoms with van der Waals surface area (Å²) >= 11 is 0. The molecule has 1 fully saturated rings. The van der Waals surface area contributed by atoms with Crippen molar-refractivity contribution >= 4 is 11.6 Å². The molecule has 27 heavy (non-hydrogen) atoms. The van der Waals surface area contributed by atoms with Crippen LogP contribution in [0.1, 0.15) is 22.1 Å². The van der Waals surface area contributed by atoms with E-state index in [1.165, 1.54) is 24.3 Å². The SMILES string of the molecule is COc1ccc(C(NC(=O)c2ccc([N+](=O)[O-])cc2)N2CCOCC2)cc1. The van der Waals surface area contributed by atoms with Crippen LogP contribution in [0.3, 0.4) is 0 Å². The lowest BCUT2D eigenvalue weighted by molar-refractivity contribution is -0.384. The van der Waals surface area contributed by atoms with Crippen molar-refractivity contribution in [2.45, 2.75) is 6.17 Å². The molecule has 3 rings (SSSR count). The van der Waals surface area contributed by atoms with Crippen molar-refractivity contribution in [3.8, 4) is 5.75 Å². The van der Waals surface area contributed by atoms with Gasteiger partial charge in [-0.1, -0.05) is 12.1 Å². The van der Waals surface area contributed by atoms with Crippen molar-refractivity contribution in [3.63, 3.8) is 0 Å². The van der Waals surface area contributed by atoms with E-state index >= 15 is 0 Å². The molecule has 8 heteroatoms. The number of nitrogens with one attached hydrogen (secondary N) is 1. The third kappa shape index (κ3) is 4.60. The fourth-order valence-corrected chi connectivity index (χ4v) is 2.95. The Bertz CT molecular complexity index is 786. The molecule has 142 valence electrons. The number of carbonyl (C=O) groups excluding carboxylic acids is 1. The Labute approximate surface area is 156 Å². The van der Waals surface area contributed by atoms with Crippen LogP contribution in [-0.2, 0) is 4.74 Å². The summed E-state index contributed by atoms with van der Waals surface area (Å²) in [6.45, 7) is 2.58. The van der Waals surface area contributed by atoms with Crippen LogP contribution in [0.15, 0.2) is 48.5 Å².